The van der Waals surface area contributed by atoms with Crippen molar-refractivity contribution < 1.29 is 19.1 Å². The number of ether oxygens (including phenoxy) is 2. The summed E-state index contributed by atoms with van der Waals surface area (Å²) < 4.78 is 12.7. The van der Waals surface area contributed by atoms with Crippen molar-refractivity contribution in [3.63, 3.8) is 0 Å². The summed E-state index contributed by atoms with van der Waals surface area (Å²) in [4.78, 5) is 26.5. The van der Waals surface area contributed by atoms with Gasteiger partial charge in [0.05, 0.1) is 7.11 Å². The van der Waals surface area contributed by atoms with Gasteiger partial charge in [-0.15, -0.1) is 0 Å². The van der Waals surface area contributed by atoms with Crippen LogP contribution in [-0.4, -0.2) is 42.0 Å². The molecule has 0 N–H and O–H groups in total. The molecule has 0 atom stereocenters. The van der Waals surface area contributed by atoms with E-state index in [1.54, 1.807) is 11.0 Å². The molecule has 0 bridgehead atoms. The molecule has 1 aromatic heterocycles. The molecule has 1 amide bonds. The van der Waals surface area contributed by atoms with Gasteiger partial charge in [0.2, 0.25) is 5.91 Å². The first-order chi connectivity index (χ1) is 17.5. The number of likely N-dealkylation sites (N-methyl/N-ethyl adjacent to an activating group) is 1. The number of rotatable bonds is 10. The van der Waals surface area contributed by atoms with Gasteiger partial charge in [-0.25, -0.2) is 4.79 Å². The van der Waals surface area contributed by atoms with Crippen LogP contribution in [0, 0.1) is 0 Å². The van der Waals surface area contributed by atoms with Gasteiger partial charge in [0.15, 0.2) is 0 Å². The highest BCUT2D eigenvalue weighted by molar-refractivity contribution is 5.95. The summed E-state index contributed by atoms with van der Waals surface area (Å²) in [6, 6.07) is 25.9. The van der Waals surface area contributed by atoms with Gasteiger partial charge >= 0.3 is 5.97 Å². The third-order valence-corrected chi connectivity index (χ3v) is 6.04. The minimum atomic E-state index is -0.441. The van der Waals surface area contributed by atoms with E-state index in [9.17, 15) is 9.59 Å². The lowest BCUT2D eigenvalue weighted by atomic mass is 10.1. The minimum absolute atomic E-state index is 0.00994. The molecule has 0 unspecified atom stereocenters. The maximum atomic E-state index is 13.0. The fourth-order valence-corrected chi connectivity index (χ4v) is 3.96. The number of fused-ring (bicyclic) bond motifs is 1. The van der Waals surface area contributed by atoms with E-state index in [2.05, 4.69) is 12.1 Å². The molecule has 6 heteroatoms. The maximum Gasteiger partial charge on any atom is 0.330 e. The topological polar surface area (TPSA) is 60.8 Å². The van der Waals surface area contributed by atoms with Crippen molar-refractivity contribution in [1.29, 1.82) is 0 Å². The quantitative estimate of drug-likeness (QED) is 0.233. The van der Waals surface area contributed by atoms with Gasteiger partial charge in [-0.1, -0.05) is 60.7 Å². The summed E-state index contributed by atoms with van der Waals surface area (Å²) in [6.07, 6.45) is 5.76. The number of carbonyl (C=O) groups is 2. The average molecular weight is 483 g/mol. The Bertz CT molecular complexity index is 1340. The molecule has 0 radical (unpaired) electrons. The van der Waals surface area contributed by atoms with Crippen LogP contribution in [0.25, 0.3) is 17.0 Å². The molecule has 0 aliphatic carbocycles. The molecule has 0 saturated carbocycles. The second-order valence-corrected chi connectivity index (χ2v) is 8.57. The average Bonchev–Trinajstić information content (AvgIpc) is 3.26. The lowest BCUT2D eigenvalue weighted by Crippen LogP contribution is -2.31. The SMILES string of the molecule is COC(=O)/C=C/c1cn(CC(=O)N(C)CCc2ccccc2)c2ccc(OCc3ccccc3)cc12. The molecule has 0 fully saturated rings. The Labute approximate surface area is 211 Å². The normalized spacial score (nSPS) is 11.1. The summed E-state index contributed by atoms with van der Waals surface area (Å²) in [6.45, 7) is 1.28. The van der Waals surface area contributed by atoms with Crippen LogP contribution in [0.4, 0.5) is 0 Å². The highest BCUT2D eigenvalue weighted by atomic mass is 16.5. The largest absolute Gasteiger partial charge is 0.489 e. The Morgan fingerprint density at radius 1 is 0.944 bits per heavy atom. The number of aromatic nitrogens is 1. The standard InChI is InChI=1S/C30H30N2O4/c1-31(18-17-23-9-5-3-6-10-23)29(33)21-32-20-25(13-16-30(34)35-2)27-19-26(14-15-28(27)32)36-22-24-11-7-4-8-12-24/h3-16,19-20H,17-18,21-22H2,1-2H3/b16-13+. The molecule has 0 saturated heterocycles. The second kappa shape index (κ2) is 11.9. The molecule has 4 aromatic rings. The molecule has 4 rings (SSSR count). The van der Waals surface area contributed by atoms with Crippen molar-refractivity contribution in [2.24, 2.45) is 0 Å². The van der Waals surface area contributed by atoms with Crippen molar-refractivity contribution in [1.82, 2.24) is 9.47 Å². The number of hydrogen-bond acceptors (Lipinski definition) is 4. The van der Waals surface area contributed by atoms with Crippen LogP contribution in [0.1, 0.15) is 16.7 Å². The van der Waals surface area contributed by atoms with E-state index in [4.69, 9.17) is 9.47 Å². The number of esters is 1. The van der Waals surface area contributed by atoms with Gasteiger partial charge in [0.1, 0.15) is 18.9 Å². The van der Waals surface area contributed by atoms with E-state index in [0.29, 0.717) is 18.9 Å². The van der Waals surface area contributed by atoms with E-state index >= 15 is 0 Å². The van der Waals surface area contributed by atoms with E-state index in [-0.39, 0.29) is 12.5 Å². The number of amides is 1. The summed E-state index contributed by atoms with van der Waals surface area (Å²) in [5.41, 5.74) is 3.96. The smallest absolute Gasteiger partial charge is 0.330 e. The van der Waals surface area contributed by atoms with Crippen LogP contribution < -0.4 is 4.74 Å². The van der Waals surface area contributed by atoms with Gasteiger partial charge in [0.25, 0.3) is 0 Å². The van der Waals surface area contributed by atoms with Crippen LogP contribution in [-0.2, 0) is 33.9 Å². The Morgan fingerprint density at radius 3 is 2.33 bits per heavy atom. The first kappa shape index (κ1) is 24.8. The molecular weight excluding hydrogens is 452 g/mol. The van der Waals surface area contributed by atoms with E-state index in [1.807, 2.05) is 84.5 Å². The summed E-state index contributed by atoms with van der Waals surface area (Å²) in [7, 11) is 3.17. The molecule has 0 aliphatic rings. The summed E-state index contributed by atoms with van der Waals surface area (Å²) in [5.74, 6) is 0.281. The zero-order valence-corrected chi connectivity index (χ0v) is 20.6. The molecular formula is C30H30N2O4. The monoisotopic (exact) mass is 482 g/mol. The predicted octanol–water partition coefficient (Wildman–Crippen LogP) is 5.11. The van der Waals surface area contributed by atoms with Gasteiger partial charge in [-0.3, -0.25) is 4.79 Å². The fraction of sp³-hybridized carbons (Fsp3) is 0.200. The third kappa shape index (κ3) is 6.42. The zero-order valence-electron chi connectivity index (χ0n) is 20.6. The zero-order chi connectivity index (χ0) is 25.3. The van der Waals surface area contributed by atoms with E-state index in [1.165, 1.54) is 18.7 Å². The van der Waals surface area contributed by atoms with Gasteiger partial charge < -0.3 is 18.9 Å². The number of hydrogen-bond donors (Lipinski definition) is 0. The van der Waals surface area contributed by atoms with Gasteiger partial charge in [-0.2, -0.15) is 0 Å². The summed E-state index contributed by atoms with van der Waals surface area (Å²) in [5, 5.41) is 0.889. The van der Waals surface area contributed by atoms with Crippen LogP contribution in [0.5, 0.6) is 5.75 Å². The highest BCUT2D eigenvalue weighted by Crippen LogP contribution is 2.28. The van der Waals surface area contributed by atoms with Crippen molar-refractivity contribution >= 4 is 28.9 Å². The van der Waals surface area contributed by atoms with Crippen LogP contribution in [0.2, 0.25) is 0 Å². The molecule has 1 heterocycles. The van der Waals surface area contributed by atoms with E-state index in [0.717, 1.165) is 28.5 Å². The fourth-order valence-electron chi connectivity index (χ4n) is 3.96. The summed E-state index contributed by atoms with van der Waals surface area (Å²) >= 11 is 0. The van der Waals surface area contributed by atoms with Crippen molar-refractivity contribution in [2.45, 2.75) is 19.6 Å². The molecule has 184 valence electrons. The van der Waals surface area contributed by atoms with Crippen LogP contribution in [0.3, 0.4) is 0 Å². The van der Waals surface area contributed by atoms with Crippen LogP contribution in [0.15, 0.2) is 91.1 Å². The van der Waals surface area contributed by atoms with Crippen molar-refractivity contribution in [3.05, 3.63) is 108 Å². The van der Waals surface area contributed by atoms with Crippen molar-refractivity contribution in [3.8, 4) is 5.75 Å². The first-order valence-corrected chi connectivity index (χ1v) is 11.9. The Morgan fingerprint density at radius 2 is 1.64 bits per heavy atom. The highest BCUT2D eigenvalue weighted by Gasteiger charge is 2.14. The predicted molar refractivity (Wildman–Crippen MR) is 142 cm³/mol. The molecule has 3 aromatic carbocycles. The van der Waals surface area contributed by atoms with Gasteiger partial charge in [-0.05, 0) is 41.8 Å². The Kier molecular flexibility index (Phi) is 8.19. The number of benzene rings is 3. The molecule has 6 nitrogen and oxygen atoms in total. The minimum Gasteiger partial charge on any atom is -0.489 e. The first-order valence-electron chi connectivity index (χ1n) is 11.9. The molecule has 0 spiro atoms. The third-order valence-electron chi connectivity index (χ3n) is 6.04. The lowest BCUT2D eigenvalue weighted by molar-refractivity contribution is -0.134. The number of carbonyl (C=O) groups excluding carboxylic acids is 2. The Hall–Kier alpha value is -4.32. The number of methoxy groups -OCH3 is 1. The van der Waals surface area contributed by atoms with Gasteiger partial charge in [0, 0.05) is 42.3 Å². The van der Waals surface area contributed by atoms with Crippen LogP contribution >= 0.6 is 0 Å². The molecule has 36 heavy (non-hydrogen) atoms. The second-order valence-electron chi connectivity index (χ2n) is 8.57. The maximum absolute atomic E-state index is 13.0. The van der Waals surface area contributed by atoms with Crippen molar-refractivity contribution in [2.75, 3.05) is 20.7 Å². The Balaban J connectivity index is 1.53. The van der Waals surface area contributed by atoms with E-state index < -0.39 is 5.97 Å². The lowest BCUT2D eigenvalue weighted by Gasteiger charge is -2.18. The number of nitrogens with zero attached hydrogens (tertiary/aromatic N) is 2. The molecule has 0 aliphatic heterocycles.